The number of hydrogen-bond acceptors (Lipinski definition) is 5. The van der Waals surface area contributed by atoms with Crippen LogP contribution in [0.1, 0.15) is 32.8 Å². The van der Waals surface area contributed by atoms with E-state index in [1.54, 1.807) is 0 Å². The van der Waals surface area contributed by atoms with Crippen molar-refractivity contribution in [3.05, 3.63) is 23.8 Å². The van der Waals surface area contributed by atoms with Crippen molar-refractivity contribution in [2.75, 3.05) is 72.6 Å². The number of guanidine groups is 1. The van der Waals surface area contributed by atoms with Crippen LogP contribution in [0.3, 0.4) is 0 Å². The number of nitrogens with zero attached hydrogens (tertiary/aromatic N) is 3. The molecule has 30 heavy (non-hydrogen) atoms. The van der Waals surface area contributed by atoms with E-state index in [9.17, 15) is 0 Å². The molecule has 0 radical (unpaired) electrons. The van der Waals surface area contributed by atoms with Gasteiger partial charge in [-0.1, -0.05) is 6.07 Å². The number of rotatable bonds is 11. The molecule has 7 nitrogen and oxygen atoms in total. The lowest BCUT2D eigenvalue weighted by molar-refractivity contribution is 0.283. The molecule has 1 aromatic rings. The van der Waals surface area contributed by atoms with Crippen LogP contribution in [0, 0.1) is 0 Å². The Morgan fingerprint density at radius 3 is 2.57 bits per heavy atom. The molecule has 1 aliphatic rings. The normalized spacial score (nSPS) is 16.2. The summed E-state index contributed by atoms with van der Waals surface area (Å²) in [6.45, 7) is 15.5. The molecule has 0 unspecified atom stereocenters. The molecule has 0 aliphatic carbocycles. The maximum absolute atomic E-state index is 5.73. The number of likely N-dealkylation sites (N-methyl/N-ethyl adjacent to an activating group) is 1. The van der Waals surface area contributed by atoms with Crippen LogP contribution in [0.15, 0.2) is 23.2 Å². The van der Waals surface area contributed by atoms with E-state index in [-0.39, 0.29) is 0 Å². The second-order valence-corrected chi connectivity index (χ2v) is 7.58. The Hall–Kier alpha value is -1.99. The van der Waals surface area contributed by atoms with Crippen LogP contribution >= 0.6 is 0 Å². The molecule has 7 heteroatoms. The first-order chi connectivity index (χ1) is 14.7. The number of nitrogens with one attached hydrogen (secondary N) is 2. The number of benzene rings is 1. The molecule has 2 rings (SSSR count). The second-order valence-electron chi connectivity index (χ2n) is 7.58. The predicted octanol–water partition coefficient (Wildman–Crippen LogP) is 2.22. The van der Waals surface area contributed by atoms with Crippen molar-refractivity contribution < 1.29 is 9.47 Å². The third-order valence-electron chi connectivity index (χ3n) is 5.16. The summed E-state index contributed by atoms with van der Waals surface area (Å²) in [5, 5.41) is 6.81. The van der Waals surface area contributed by atoms with Crippen LogP contribution in [-0.2, 0) is 6.42 Å². The van der Waals surface area contributed by atoms with Gasteiger partial charge in [0.2, 0.25) is 0 Å². The van der Waals surface area contributed by atoms with Gasteiger partial charge in [-0.3, -0.25) is 4.99 Å². The zero-order chi connectivity index (χ0) is 21.6. The van der Waals surface area contributed by atoms with Gasteiger partial charge in [0, 0.05) is 32.7 Å². The summed E-state index contributed by atoms with van der Waals surface area (Å²) in [5.74, 6) is 2.52. The van der Waals surface area contributed by atoms with Crippen LogP contribution in [0.4, 0.5) is 0 Å². The number of hydrogen-bond donors (Lipinski definition) is 2. The molecule has 1 aliphatic heterocycles. The van der Waals surface area contributed by atoms with Crippen molar-refractivity contribution in [3.63, 3.8) is 0 Å². The van der Waals surface area contributed by atoms with E-state index in [0.717, 1.165) is 63.1 Å². The lowest BCUT2D eigenvalue weighted by atomic mass is 10.1. The van der Waals surface area contributed by atoms with E-state index in [0.29, 0.717) is 13.2 Å². The van der Waals surface area contributed by atoms with Gasteiger partial charge in [-0.2, -0.15) is 0 Å². The fraction of sp³-hybridized carbons (Fsp3) is 0.696. The van der Waals surface area contributed by atoms with Crippen LogP contribution in [0.25, 0.3) is 0 Å². The molecule has 1 fully saturated rings. The lowest BCUT2D eigenvalue weighted by Gasteiger charge is -2.19. The molecule has 1 heterocycles. The number of aliphatic imine (C=N–C) groups is 1. The Balaban J connectivity index is 1.82. The third kappa shape index (κ3) is 8.79. The monoisotopic (exact) mass is 419 g/mol. The summed E-state index contributed by atoms with van der Waals surface area (Å²) in [6.07, 6.45) is 2.14. The molecule has 2 N–H and O–H groups in total. The maximum Gasteiger partial charge on any atom is 0.191 e. The summed E-state index contributed by atoms with van der Waals surface area (Å²) >= 11 is 0. The molecule has 1 saturated heterocycles. The first-order valence-electron chi connectivity index (χ1n) is 11.5. The smallest absolute Gasteiger partial charge is 0.191 e. The van der Waals surface area contributed by atoms with E-state index in [1.165, 1.54) is 25.1 Å². The van der Waals surface area contributed by atoms with Gasteiger partial charge < -0.3 is 29.9 Å². The van der Waals surface area contributed by atoms with Gasteiger partial charge in [0.1, 0.15) is 0 Å². The Morgan fingerprint density at radius 2 is 1.80 bits per heavy atom. The topological polar surface area (TPSA) is 61.4 Å². The van der Waals surface area contributed by atoms with E-state index in [2.05, 4.69) is 46.5 Å². The maximum atomic E-state index is 5.73. The largest absolute Gasteiger partial charge is 0.490 e. The molecule has 0 bridgehead atoms. The Labute approximate surface area is 182 Å². The summed E-state index contributed by atoms with van der Waals surface area (Å²) in [5.41, 5.74) is 1.22. The highest BCUT2D eigenvalue weighted by atomic mass is 16.5. The van der Waals surface area contributed by atoms with Crippen molar-refractivity contribution in [2.24, 2.45) is 4.99 Å². The van der Waals surface area contributed by atoms with Crippen LogP contribution in [0.5, 0.6) is 11.5 Å². The molecule has 0 amide bonds. The van der Waals surface area contributed by atoms with Gasteiger partial charge in [0.05, 0.1) is 19.8 Å². The molecule has 0 spiro atoms. The molecule has 0 aromatic heterocycles. The minimum Gasteiger partial charge on any atom is -0.490 e. The summed E-state index contributed by atoms with van der Waals surface area (Å²) in [7, 11) is 2.20. The second kappa shape index (κ2) is 14.1. The molecule has 170 valence electrons. The SMILES string of the molecule is CCNC(=NCCN1CCCN(C)CC1)NCCc1ccc(OCC)c(OCC)c1. The summed E-state index contributed by atoms with van der Waals surface area (Å²) in [4.78, 5) is 9.70. The molecular formula is C23H41N5O2. The van der Waals surface area contributed by atoms with Gasteiger partial charge in [0.15, 0.2) is 17.5 Å². The quantitative estimate of drug-likeness (QED) is 0.424. The fourth-order valence-corrected chi connectivity index (χ4v) is 3.54. The zero-order valence-corrected chi connectivity index (χ0v) is 19.4. The van der Waals surface area contributed by atoms with Gasteiger partial charge in [-0.25, -0.2) is 0 Å². The fourth-order valence-electron chi connectivity index (χ4n) is 3.54. The Morgan fingerprint density at radius 1 is 1.00 bits per heavy atom. The average molecular weight is 420 g/mol. The highest BCUT2D eigenvalue weighted by Gasteiger charge is 2.11. The number of ether oxygens (including phenoxy) is 2. The molecule has 0 saturated carbocycles. The minimum atomic E-state index is 0.631. The van der Waals surface area contributed by atoms with E-state index >= 15 is 0 Å². The van der Waals surface area contributed by atoms with Gasteiger partial charge >= 0.3 is 0 Å². The average Bonchev–Trinajstić information content (AvgIpc) is 2.94. The first-order valence-corrected chi connectivity index (χ1v) is 11.5. The van der Waals surface area contributed by atoms with Gasteiger partial charge in [-0.15, -0.1) is 0 Å². The van der Waals surface area contributed by atoms with Crippen molar-refractivity contribution in [1.29, 1.82) is 0 Å². The molecule has 1 aromatic carbocycles. The predicted molar refractivity (Wildman–Crippen MR) is 125 cm³/mol. The first kappa shape index (κ1) is 24.3. The van der Waals surface area contributed by atoms with Crippen LogP contribution in [-0.4, -0.2) is 88.4 Å². The van der Waals surface area contributed by atoms with Crippen molar-refractivity contribution in [1.82, 2.24) is 20.4 Å². The van der Waals surface area contributed by atoms with Crippen LogP contribution in [0.2, 0.25) is 0 Å². The summed E-state index contributed by atoms with van der Waals surface area (Å²) < 4.78 is 11.4. The van der Waals surface area contributed by atoms with Gasteiger partial charge in [0.25, 0.3) is 0 Å². The third-order valence-corrected chi connectivity index (χ3v) is 5.16. The standard InChI is InChI=1S/C23H41N5O2/c1-5-24-23(26-13-16-28-15-8-14-27(4)17-18-28)25-12-11-20-9-10-21(29-6-2)22(19-20)30-7-3/h9-10,19H,5-8,11-18H2,1-4H3,(H2,24,25,26). The van der Waals surface area contributed by atoms with E-state index in [1.807, 2.05) is 19.9 Å². The van der Waals surface area contributed by atoms with E-state index < -0.39 is 0 Å². The minimum absolute atomic E-state index is 0.631. The Bertz CT molecular complexity index is 638. The Kier molecular flexibility index (Phi) is 11.4. The zero-order valence-electron chi connectivity index (χ0n) is 19.4. The highest BCUT2D eigenvalue weighted by Crippen LogP contribution is 2.28. The van der Waals surface area contributed by atoms with Crippen molar-refractivity contribution >= 4 is 5.96 Å². The molecule has 0 atom stereocenters. The molecular weight excluding hydrogens is 378 g/mol. The summed E-state index contributed by atoms with van der Waals surface area (Å²) in [6, 6.07) is 6.19. The van der Waals surface area contributed by atoms with Gasteiger partial charge in [-0.05, 0) is 71.4 Å². The highest BCUT2D eigenvalue weighted by molar-refractivity contribution is 5.79. The van der Waals surface area contributed by atoms with Crippen LogP contribution < -0.4 is 20.1 Å². The van der Waals surface area contributed by atoms with Crippen molar-refractivity contribution in [3.8, 4) is 11.5 Å². The van der Waals surface area contributed by atoms with E-state index in [4.69, 9.17) is 14.5 Å². The lowest BCUT2D eigenvalue weighted by Crippen LogP contribution is -2.39. The van der Waals surface area contributed by atoms with Crippen molar-refractivity contribution in [2.45, 2.75) is 33.6 Å².